The van der Waals surface area contributed by atoms with Gasteiger partial charge < -0.3 is 9.38 Å². The summed E-state index contributed by atoms with van der Waals surface area (Å²) in [5, 5.41) is 5.47. The summed E-state index contributed by atoms with van der Waals surface area (Å²) in [6, 6.07) is 53.4. The van der Waals surface area contributed by atoms with Gasteiger partial charge in [0.15, 0.2) is 0 Å². The van der Waals surface area contributed by atoms with Gasteiger partial charge in [-0.15, -0.1) is 11.3 Å². The average Bonchev–Trinajstić information content (AvgIpc) is 3.99. The summed E-state index contributed by atoms with van der Waals surface area (Å²) in [6.07, 6.45) is 0. The van der Waals surface area contributed by atoms with Crippen LogP contribution in [0.3, 0.4) is 0 Å². The second-order valence-corrected chi connectivity index (χ2v) is 26.5. The predicted molar refractivity (Wildman–Crippen MR) is 304 cm³/mol. The highest BCUT2D eigenvalue weighted by atomic mass is 32.1. The first kappa shape index (κ1) is 42.5. The van der Waals surface area contributed by atoms with Crippen molar-refractivity contribution >= 4 is 82.5 Å². The van der Waals surface area contributed by atoms with Gasteiger partial charge in [0.05, 0.1) is 11.0 Å². The minimum atomic E-state index is -0.250. The average molecular weight is 925 g/mol. The number of rotatable bonds is 1. The molecule has 4 aliphatic rings. The van der Waals surface area contributed by atoms with Crippen LogP contribution in [0.1, 0.15) is 129 Å². The van der Waals surface area contributed by atoms with Crippen LogP contribution in [-0.4, -0.2) is 11.4 Å². The molecular formula is C66H61BN2S. The van der Waals surface area contributed by atoms with Crippen LogP contribution in [0.15, 0.2) is 133 Å². The van der Waals surface area contributed by atoms with Crippen molar-refractivity contribution in [2.24, 2.45) is 0 Å². The van der Waals surface area contributed by atoms with E-state index in [1.807, 2.05) is 11.3 Å². The highest BCUT2D eigenvalue weighted by Crippen LogP contribution is 2.60. The molecule has 8 aromatic carbocycles. The van der Waals surface area contributed by atoms with Gasteiger partial charge >= 0.3 is 6.85 Å². The summed E-state index contributed by atoms with van der Waals surface area (Å²) in [5.74, 6) is 0. The van der Waals surface area contributed by atoms with Crippen LogP contribution in [-0.2, 0) is 27.1 Å². The molecule has 0 saturated heterocycles. The monoisotopic (exact) mass is 924 g/mol. The minimum absolute atomic E-state index is 0.0199. The standard InChI is InChI=1S/C66H61BN2S/c1-62(2,3)36-22-26-39(27-23-36)69-52-33-44-43-30-38(64(7,8)9)25-29-54(43)70-55(44)34-46(52)57-56-41-19-15-17-21-48(41)66(12,13)59(56)58-45-31-37(63(4,5)6)24-28-51(45)68-53-35-49-42(32-50(53)67(69)60(57)61(58)68)40-18-14-16-20-47(40)65(49,10)11/h14-35H,1-13H3. The van der Waals surface area contributed by atoms with E-state index < -0.39 is 0 Å². The first-order valence-corrected chi connectivity index (χ1v) is 26.4. The van der Waals surface area contributed by atoms with Crippen molar-refractivity contribution in [2.45, 2.75) is 117 Å². The third-order valence-electron chi connectivity index (χ3n) is 17.4. The van der Waals surface area contributed by atoms with Crippen molar-refractivity contribution in [1.82, 2.24) is 4.57 Å². The molecule has 10 aromatic rings. The molecule has 2 aromatic heterocycles. The number of nitrogens with zero attached hydrogens (tertiary/aromatic N) is 2. The van der Waals surface area contributed by atoms with Crippen LogP contribution in [0.4, 0.5) is 11.4 Å². The lowest BCUT2D eigenvalue weighted by molar-refractivity contribution is 0.590. The molecule has 0 saturated carbocycles. The molecule has 0 radical (unpaired) electrons. The van der Waals surface area contributed by atoms with Gasteiger partial charge in [0.25, 0.3) is 0 Å². The van der Waals surface area contributed by atoms with Crippen molar-refractivity contribution in [3.05, 3.63) is 172 Å². The van der Waals surface area contributed by atoms with Crippen molar-refractivity contribution in [2.75, 3.05) is 4.81 Å². The Morgan fingerprint density at radius 1 is 0.471 bits per heavy atom. The Bertz CT molecular complexity index is 4000. The van der Waals surface area contributed by atoms with Gasteiger partial charge in [-0.3, -0.25) is 0 Å². The zero-order chi connectivity index (χ0) is 48.5. The van der Waals surface area contributed by atoms with Gasteiger partial charge in [-0.1, -0.05) is 169 Å². The van der Waals surface area contributed by atoms with Crippen LogP contribution in [0.25, 0.3) is 81.0 Å². The molecule has 2 aliphatic carbocycles. The predicted octanol–water partition coefficient (Wildman–Crippen LogP) is 16.9. The highest BCUT2D eigenvalue weighted by Gasteiger charge is 2.51. The molecular weight excluding hydrogens is 864 g/mol. The molecule has 0 N–H and O–H groups in total. The largest absolute Gasteiger partial charge is 0.376 e. The molecule has 0 atom stereocenters. The Kier molecular flexibility index (Phi) is 8.10. The van der Waals surface area contributed by atoms with Gasteiger partial charge in [-0.2, -0.15) is 0 Å². The fraction of sp³-hybridized carbons (Fsp3) is 0.273. The molecule has 0 unspecified atom stereocenters. The number of fused-ring (bicyclic) bond motifs is 19. The second-order valence-electron chi connectivity index (χ2n) is 25.4. The Labute approximate surface area is 418 Å². The van der Waals surface area contributed by atoms with Gasteiger partial charge in [0.1, 0.15) is 0 Å². The topological polar surface area (TPSA) is 8.17 Å². The van der Waals surface area contributed by atoms with Crippen LogP contribution in [0.5, 0.6) is 0 Å². The Morgan fingerprint density at radius 3 is 1.76 bits per heavy atom. The smallest absolute Gasteiger partial charge is 0.333 e. The molecule has 0 amide bonds. The Morgan fingerprint density at radius 2 is 1.07 bits per heavy atom. The minimum Gasteiger partial charge on any atom is -0.376 e. The van der Waals surface area contributed by atoms with Gasteiger partial charge in [-0.25, -0.2) is 0 Å². The second kappa shape index (κ2) is 13.3. The lowest BCUT2D eigenvalue weighted by atomic mass is 9.43. The van der Waals surface area contributed by atoms with E-state index in [0.717, 1.165) is 0 Å². The maximum atomic E-state index is 2.78. The first-order valence-electron chi connectivity index (χ1n) is 25.6. The van der Waals surface area contributed by atoms with Crippen LogP contribution in [0.2, 0.25) is 0 Å². The van der Waals surface area contributed by atoms with Crippen molar-refractivity contribution < 1.29 is 0 Å². The Hall–Kier alpha value is -6.36. The summed E-state index contributed by atoms with van der Waals surface area (Å²) in [4.78, 5) is 2.78. The number of aromatic nitrogens is 1. The normalized spacial score (nSPS) is 16.0. The van der Waals surface area contributed by atoms with E-state index >= 15 is 0 Å². The molecule has 2 aliphatic heterocycles. The zero-order valence-electron chi connectivity index (χ0n) is 43.1. The van der Waals surface area contributed by atoms with Gasteiger partial charge in [0, 0.05) is 64.4 Å². The van der Waals surface area contributed by atoms with E-state index in [1.54, 1.807) is 0 Å². The molecule has 4 heteroatoms. The Balaban J connectivity index is 1.22. The summed E-state index contributed by atoms with van der Waals surface area (Å²) in [5.41, 5.74) is 26.9. The summed E-state index contributed by atoms with van der Waals surface area (Å²) < 4.78 is 5.42. The summed E-state index contributed by atoms with van der Waals surface area (Å²) in [7, 11) is 0. The maximum Gasteiger partial charge on any atom is 0.333 e. The van der Waals surface area contributed by atoms with Crippen LogP contribution >= 0.6 is 11.3 Å². The number of hydrogen-bond acceptors (Lipinski definition) is 2. The fourth-order valence-corrected chi connectivity index (χ4v) is 14.8. The van der Waals surface area contributed by atoms with E-state index in [4.69, 9.17) is 0 Å². The molecule has 14 rings (SSSR count). The van der Waals surface area contributed by atoms with Crippen LogP contribution in [0, 0.1) is 0 Å². The third kappa shape index (κ3) is 5.36. The number of hydrogen-bond donors (Lipinski definition) is 0. The number of anilines is 2. The quantitative estimate of drug-likeness (QED) is 0.149. The van der Waals surface area contributed by atoms with Crippen molar-refractivity contribution in [1.29, 1.82) is 0 Å². The fourth-order valence-electron chi connectivity index (χ4n) is 13.7. The maximum absolute atomic E-state index is 2.78. The third-order valence-corrected chi connectivity index (χ3v) is 18.5. The van der Waals surface area contributed by atoms with Gasteiger partial charge in [0.2, 0.25) is 0 Å². The molecule has 4 heterocycles. The van der Waals surface area contributed by atoms with Crippen LogP contribution < -0.4 is 15.7 Å². The summed E-state index contributed by atoms with van der Waals surface area (Å²) in [6.45, 7) is 30.9. The van der Waals surface area contributed by atoms with E-state index in [2.05, 4.69) is 233 Å². The molecule has 0 fully saturated rings. The number of benzene rings is 8. The lowest BCUT2D eigenvalue weighted by Gasteiger charge is -2.43. The van der Waals surface area contributed by atoms with E-state index in [0.29, 0.717) is 0 Å². The van der Waals surface area contributed by atoms with Crippen molar-refractivity contribution in [3.63, 3.8) is 0 Å². The number of thiophene rings is 1. The molecule has 0 spiro atoms. The molecule has 0 bridgehead atoms. The summed E-state index contributed by atoms with van der Waals surface area (Å²) >= 11 is 1.95. The molecule has 344 valence electrons. The van der Waals surface area contributed by atoms with E-state index in [-0.39, 0.29) is 33.9 Å². The van der Waals surface area contributed by atoms with E-state index in [9.17, 15) is 0 Å². The van der Waals surface area contributed by atoms with Crippen molar-refractivity contribution in [3.8, 4) is 39.1 Å². The molecule has 2 nitrogen and oxygen atoms in total. The first-order chi connectivity index (χ1) is 33.1. The molecule has 70 heavy (non-hydrogen) atoms. The lowest BCUT2D eigenvalue weighted by Crippen LogP contribution is -2.61. The van der Waals surface area contributed by atoms with E-state index in [1.165, 1.54) is 142 Å². The SMILES string of the molecule is CC(C)(C)c1ccc(N2B3c4cc5c(cc4-n4c6ccc(C(C)(C)C)cc6c6c7c(c(c3c64)-c3cc4sc6ccc(C(C)(C)C)cc6c4cc32)-c2ccccc2C7(C)C)C(C)(C)c2ccccc2-5)cc1. The highest BCUT2D eigenvalue weighted by molar-refractivity contribution is 7.25. The zero-order valence-corrected chi connectivity index (χ0v) is 43.9. The van der Waals surface area contributed by atoms with Gasteiger partial charge in [-0.05, 0) is 149 Å².